The van der Waals surface area contributed by atoms with E-state index >= 15 is 0 Å². The minimum absolute atomic E-state index is 0.527. The highest BCUT2D eigenvalue weighted by Crippen LogP contribution is 2.34. The Morgan fingerprint density at radius 2 is 1.82 bits per heavy atom. The fourth-order valence-corrected chi connectivity index (χ4v) is 4.38. The summed E-state index contributed by atoms with van der Waals surface area (Å²) in [4.78, 5) is 14.8. The highest BCUT2D eigenvalue weighted by Gasteiger charge is 2.22. The summed E-state index contributed by atoms with van der Waals surface area (Å²) >= 11 is 0. The van der Waals surface area contributed by atoms with E-state index < -0.39 is 0 Å². The van der Waals surface area contributed by atoms with Crippen molar-refractivity contribution in [2.45, 2.75) is 12.8 Å². The van der Waals surface area contributed by atoms with Crippen LogP contribution < -0.4 is 9.64 Å². The Bertz CT molecular complexity index is 1360. The highest BCUT2D eigenvalue weighted by atomic mass is 16.5. The van der Waals surface area contributed by atoms with Gasteiger partial charge in [0.25, 0.3) is 0 Å². The van der Waals surface area contributed by atoms with Gasteiger partial charge >= 0.3 is 0 Å². The van der Waals surface area contributed by atoms with Gasteiger partial charge in [-0.2, -0.15) is 5.26 Å². The van der Waals surface area contributed by atoms with Gasteiger partial charge in [-0.05, 0) is 60.7 Å². The third-order valence-electron chi connectivity index (χ3n) is 6.53. The predicted molar refractivity (Wildman–Crippen MR) is 131 cm³/mol. The number of H-pyrrole nitrogens is 1. The van der Waals surface area contributed by atoms with Crippen LogP contribution >= 0.6 is 0 Å². The van der Waals surface area contributed by atoms with E-state index in [1.807, 2.05) is 18.2 Å². The van der Waals surface area contributed by atoms with Crippen LogP contribution in [-0.4, -0.2) is 47.9 Å². The number of aromatic amines is 1. The monoisotopic (exact) mass is 451 g/mol. The van der Waals surface area contributed by atoms with Gasteiger partial charge in [0.05, 0.1) is 31.1 Å². The number of nitrogens with zero attached hydrogens (tertiary/aromatic N) is 4. The predicted octanol–water partition coefficient (Wildman–Crippen LogP) is 4.79. The maximum atomic E-state index is 9.67. The van der Waals surface area contributed by atoms with Crippen LogP contribution in [0.1, 0.15) is 18.4 Å². The Morgan fingerprint density at radius 1 is 1.03 bits per heavy atom. The standard InChI is InChI=1S/C27H25N5O2/c28-15-21-13-20(5-8-25(21)34-16-18-1-2-18)26-23-14-24(31-27(23)30-17-29-26)19-3-6-22(7-4-19)32-9-11-33-12-10-32/h3-8,13-14,17-18H,1-2,9-12,16H2,(H,29,30,31). The van der Waals surface area contributed by atoms with Crippen molar-refractivity contribution in [2.24, 2.45) is 5.92 Å². The van der Waals surface area contributed by atoms with E-state index in [0.717, 1.165) is 59.9 Å². The van der Waals surface area contributed by atoms with Gasteiger partial charge in [0.15, 0.2) is 0 Å². The molecule has 0 atom stereocenters. The smallest absolute Gasteiger partial charge is 0.141 e. The van der Waals surface area contributed by atoms with Crippen molar-refractivity contribution in [3.63, 3.8) is 0 Å². The van der Waals surface area contributed by atoms with Crippen LogP contribution in [0.5, 0.6) is 5.75 Å². The minimum atomic E-state index is 0.527. The molecule has 3 heterocycles. The van der Waals surface area contributed by atoms with Gasteiger partial charge in [-0.25, -0.2) is 9.97 Å². The van der Waals surface area contributed by atoms with Gasteiger partial charge < -0.3 is 19.4 Å². The number of nitrogens with one attached hydrogen (secondary N) is 1. The molecule has 4 aromatic rings. The zero-order valence-electron chi connectivity index (χ0n) is 18.8. The molecular weight excluding hydrogens is 426 g/mol. The number of morpholine rings is 1. The molecule has 1 saturated carbocycles. The van der Waals surface area contributed by atoms with Crippen LogP contribution in [0, 0.1) is 17.2 Å². The molecule has 7 heteroatoms. The normalized spacial score (nSPS) is 15.9. The lowest BCUT2D eigenvalue weighted by Gasteiger charge is -2.28. The first-order chi connectivity index (χ1) is 16.8. The molecule has 170 valence electrons. The van der Waals surface area contributed by atoms with Crippen LogP contribution in [-0.2, 0) is 4.74 Å². The second kappa shape index (κ2) is 8.81. The van der Waals surface area contributed by atoms with Gasteiger partial charge in [-0.15, -0.1) is 0 Å². The molecule has 1 aliphatic heterocycles. The Hall–Kier alpha value is -3.89. The summed E-state index contributed by atoms with van der Waals surface area (Å²) in [6.07, 6.45) is 3.98. The largest absolute Gasteiger partial charge is 0.492 e. The molecule has 0 bridgehead atoms. The molecule has 7 nitrogen and oxygen atoms in total. The van der Waals surface area contributed by atoms with E-state index in [0.29, 0.717) is 23.8 Å². The third kappa shape index (κ3) is 4.09. The number of nitriles is 1. The molecule has 0 unspecified atom stereocenters. The average molecular weight is 452 g/mol. The summed E-state index contributed by atoms with van der Waals surface area (Å²) in [7, 11) is 0. The Balaban J connectivity index is 1.30. The van der Waals surface area contributed by atoms with E-state index in [9.17, 15) is 5.26 Å². The molecule has 2 aromatic heterocycles. The number of rotatable bonds is 6. The zero-order valence-corrected chi connectivity index (χ0v) is 18.8. The highest BCUT2D eigenvalue weighted by molar-refractivity contribution is 5.94. The molecule has 6 rings (SSSR count). The summed E-state index contributed by atoms with van der Waals surface area (Å²) in [6, 6.07) is 18.6. The van der Waals surface area contributed by atoms with Crippen molar-refractivity contribution in [3.8, 4) is 34.3 Å². The lowest BCUT2D eigenvalue weighted by atomic mass is 10.0. The van der Waals surface area contributed by atoms with E-state index in [4.69, 9.17) is 9.47 Å². The first kappa shape index (κ1) is 20.7. The summed E-state index contributed by atoms with van der Waals surface area (Å²) in [5.74, 6) is 1.27. The van der Waals surface area contributed by atoms with E-state index in [1.165, 1.54) is 18.5 Å². The average Bonchev–Trinajstić information content (AvgIpc) is 3.63. The molecule has 1 saturated heterocycles. The van der Waals surface area contributed by atoms with Crippen molar-refractivity contribution in [2.75, 3.05) is 37.8 Å². The molecule has 0 amide bonds. The number of aromatic nitrogens is 3. The Labute approximate surface area is 198 Å². The topological polar surface area (TPSA) is 87.1 Å². The molecule has 1 N–H and O–H groups in total. The zero-order chi connectivity index (χ0) is 22.9. The molecule has 34 heavy (non-hydrogen) atoms. The summed E-state index contributed by atoms with van der Waals surface area (Å²) < 4.78 is 11.3. The first-order valence-electron chi connectivity index (χ1n) is 11.7. The molecule has 2 fully saturated rings. The maximum Gasteiger partial charge on any atom is 0.141 e. The SMILES string of the molecule is N#Cc1cc(-c2ncnc3[nH]c(-c4ccc(N5CCOCC5)cc4)cc23)ccc1OCC1CC1. The van der Waals surface area contributed by atoms with Crippen molar-refractivity contribution in [1.82, 2.24) is 15.0 Å². The number of anilines is 1. The Morgan fingerprint density at radius 3 is 2.59 bits per heavy atom. The fourth-order valence-electron chi connectivity index (χ4n) is 4.38. The maximum absolute atomic E-state index is 9.67. The van der Waals surface area contributed by atoms with Crippen molar-refractivity contribution >= 4 is 16.7 Å². The van der Waals surface area contributed by atoms with Crippen LogP contribution in [0.2, 0.25) is 0 Å². The number of hydrogen-bond acceptors (Lipinski definition) is 6. The molecule has 2 aromatic carbocycles. The molecule has 0 spiro atoms. The lowest BCUT2D eigenvalue weighted by Crippen LogP contribution is -2.36. The van der Waals surface area contributed by atoms with Crippen LogP contribution in [0.25, 0.3) is 33.5 Å². The van der Waals surface area contributed by atoms with Crippen molar-refractivity contribution in [1.29, 1.82) is 5.26 Å². The number of benzene rings is 2. The Kier molecular flexibility index (Phi) is 5.36. The molecule has 2 aliphatic rings. The quantitative estimate of drug-likeness (QED) is 0.454. The van der Waals surface area contributed by atoms with Crippen LogP contribution in [0.15, 0.2) is 54.9 Å². The fraction of sp³-hybridized carbons (Fsp3) is 0.296. The van der Waals surface area contributed by atoms with E-state index in [2.05, 4.69) is 56.3 Å². The summed E-state index contributed by atoms with van der Waals surface area (Å²) in [5.41, 5.74) is 6.23. The number of ether oxygens (including phenoxy) is 2. The van der Waals surface area contributed by atoms with Crippen molar-refractivity contribution < 1.29 is 9.47 Å². The van der Waals surface area contributed by atoms with Crippen molar-refractivity contribution in [3.05, 3.63) is 60.4 Å². The van der Waals surface area contributed by atoms with E-state index in [-0.39, 0.29) is 0 Å². The molecule has 1 aliphatic carbocycles. The second-order valence-electron chi connectivity index (χ2n) is 8.89. The van der Waals surface area contributed by atoms with E-state index in [1.54, 1.807) is 6.33 Å². The van der Waals surface area contributed by atoms with Crippen LogP contribution in [0.4, 0.5) is 5.69 Å². The van der Waals surface area contributed by atoms with Gasteiger partial charge in [0.1, 0.15) is 23.8 Å². The molecular formula is C27H25N5O2. The van der Waals surface area contributed by atoms with Gasteiger partial charge in [0.2, 0.25) is 0 Å². The number of hydrogen-bond donors (Lipinski definition) is 1. The summed E-state index contributed by atoms with van der Waals surface area (Å²) in [6.45, 7) is 4.05. The summed E-state index contributed by atoms with van der Waals surface area (Å²) in [5, 5.41) is 10.6. The minimum Gasteiger partial charge on any atom is -0.492 e. The third-order valence-corrected chi connectivity index (χ3v) is 6.53. The second-order valence-corrected chi connectivity index (χ2v) is 8.89. The van der Waals surface area contributed by atoms with Gasteiger partial charge in [-0.3, -0.25) is 0 Å². The lowest BCUT2D eigenvalue weighted by molar-refractivity contribution is 0.122. The van der Waals surface area contributed by atoms with Crippen LogP contribution in [0.3, 0.4) is 0 Å². The number of fused-ring (bicyclic) bond motifs is 1. The molecule has 0 radical (unpaired) electrons. The van der Waals surface area contributed by atoms with Gasteiger partial charge in [0, 0.05) is 35.4 Å². The first-order valence-corrected chi connectivity index (χ1v) is 11.7. The van der Waals surface area contributed by atoms with Gasteiger partial charge in [-0.1, -0.05) is 12.1 Å².